The van der Waals surface area contributed by atoms with E-state index < -0.39 is 15.8 Å². The van der Waals surface area contributed by atoms with Crippen molar-refractivity contribution in [3.63, 3.8) is 0 Å². The van der Waals surface area contributed by atoms with Crippen molar-refractivity contribution in [1.29, 1.82) is 0 Å². The molecule has 6 nitrogen and oxygen atoms in total. The van der Waals surface area contributed by atoms with Crippen LogP contribution < -0.4 is 10.5 Å². The number of aromatic nitrogens is 1. The van der Waals surface area contributed by atoms with E-state index in [0.717, 1.165) is 6.42 Å². The number of benzene rings is 1. The summed E-state index contributed by atoms with van der Waals surface area (Å²) in [4.78, 5) is 13.5. The van der Waals surface area contributed by atoms with Crippen LogP contribution in [0.15, 0.2) is 39.7 Å². The molecule has 0 aliphatic heterocycles. The molecule has 0 bridgehead atoms. The summed E-state index contributed by atoms with van der Waals surface area (Å²) in [5, 5.41) is 0. The second kappa shape index (κ2) is 5.96. The van der Waals surface area contributed by atoms with E-state index >= 15 is 0 Å². The Labute approximate surface area is 116 Å². The average molecular weight is 296 g/mol. The first kappa shape index (κ1) is 14.4. The standard InChI is InChI=1S/C13H16N2O4S/c1-2-3-8-20(17,18)15-11-7-5-4-6-10(11)12-9-19-13(16)14-12/h4-7,9,15H,2-3,8H2,1H3,(H,14,16). The molecule has 0 spiro atoms. The number of sulfonamides is 1. The van der Waals surface area contributed by atoms with Gasteiger partial charge in [-0.15, -0.1) is 0 Å². The molecule has 2 rings (SSSR count). The summed E-state index contributed by atoms with van der Waals surface area (Å²) >= 11 is 0. The van der Waals surface area contributed by atoms with E-state index in [1.165, 1.54) is 6.26 Å². The lowest BCUT2D eigenvalue weighted by Crippen LogP contribution is -2.17. The van der Waals surface area contributed by atoms with Gasteiger partial charge in [-0.25, -0.2) is 13.2 Å². The smallest absolute Gasteiger partial charge is 0.416 e. The monoisotopic (exact) mass is 296 g/mol. The predicted molar refractivity (Wildman–Crippen MR) is 77.1 cm³/mol. The Morgan fingerprint density at radius 3 is 2.70 bits per heavy atom. The van der Waals surface area contributed by atoms with Gasteiger partial charge in [0.1, 0.15) is 6.26 Å². The highest BCUT2D eigenvalue weighted by Gasteiger charge is 2.14. The minimum Gasteiger partial charge on any atom is -0.416 e. The molecule has 0 saturated carbocycles. The second-order valence-electron chi connectivity index (χ2n) is 4.38. The molecule has 0 aliphatic carbocycles. The van der Waals surface area contributed by atoms with Crippen molar-refractivity contribution < 1.29 is 12.8 Å². The van der Waals surface area contributed by atoms with Gasteiger partial charge in [0.2, 0.25) is 10.0 Å². The Kier molecular flexibility index (Phi) is 4.29. The molecule has 1 aromatic carbocycles. The van der Waals surface area contributed by atoms with Crippen LogP contribution in [0.25, 0.3) is 11.3 Å². The zero-order valence-corrected chi connectivity index (χ0v) is 11.9. The maximum Gasteiger partial charge on any atom is 0.416 e. The number of aromatic amines is 1. The topological polar surface area (TPSA) is 92.2 Å². The van der Waals surface area contributed by atoms with Crippen molar-refractivity contribution in [1.82, 2.24) is 4.98 Å². The summed E-state index contributed by atoms with van der Waals surface area (Å²) in [6.07, 6.45) is 2.67. The molecule has 1 heterocycles. The van der Waals surface area contributed by atoms with Crippen molar-refractivity contribution in [2.45, 2.75) is 19.8 Å². The van der Waals surface area contributed by atoms with E-state index in [9.17, 15) is 13.2 Å². The summed E-state index contributed by atoms with van der Waals surface area (Å²) in [6, 6.07) is 6.83. The highest BCUT2D eigenvalue weighted by Crippen LogP contribution is 2.26. The molecule has 0 aliphatic rings. The van der Waals surface area contributed by atoms with Crippen LogP contribution in [0.4, 0.5) is 5.69 Å². The van der Waals surface area contributed by atoms with Gasteiger partial charge in [0, 0.05) is 5.56 Å². The van der Waals surface area contributed by atoms with Gasteiger partial charge in [0.05, 0.1) is 17.1 Å². The third-order valence-electron chi connectivity index (χ3n) is 2.77. The van der Waals surface area contributed by atoms with E-state index in [-0.39, 0.29) is 5.75 Å². The summed E-state index contributed by atoms with van der Waals surface area (Å²) in [6.45, 7) is 1.93. The second-order valence-corrected chi connectivity index (χ2v) is 6.22. The fourth-order valence-corrected chi connectivity index (χ4v) is 3.06. The number of nitrogens with one attached hydrogen (secondary N) is 2. The van der Waals surface area contributed by atoms with E-state index in [0.29, 0.717) is 23.4 Å². The van der Waals surface area contributed by atoms with E-state index in [1.807, 2.05) is 6.92 Å². The summed E-state index contributed by atoms with van der Waals surface area (Å²) in [5.41, 5.74) is 1.42. The van der Waals surface area contributed by atoms with Crippen LogP contribution in [0.2, 0.25) is 0 Å². The normalized spacial score (nSPS) is 11.4. The minimum atomic E-state index is -3.39. The first-order valence-corrected chi connectivity index (χ1v) is 7.95. The third kappa shape index (κ3) is 3.51. The lowest BCUT2D eigenvalue weighted by molar-refractivity contribution is 0.515. The molecule has 108 valence electrons. The maximum absolute atomic E-state index is 11.9. The van der Waals surface area contributed by atoms with Crippen molar-refractivity contribution in [3.8, 4) is 11.3 Å². The number of hydrogen-bond acceptors (Lipinski definition) is 4. The van der Waals surface area contributed by atoms with Gasteiger partial charge in [-0.1, -0.05) is 31.5 Å². The van der Waals surface area contributed by atoms with Gasteiger partial charge in [-0.05, 0) is 12.5 Å². The van der Waals surface area contributed by atoms with Crippen LogP contribution in [0, 0.1) is 0 Å². The van der Waals surface area contributed by atoms with Gasteiger partial charge in [0.15, 0.2) is 0 Å². The molecule has 20 heavy (non-hydrogen) atoms. The molecule has 0 unspecified atom stereocenters. The summed E-state index contributed by atoms with van der Waals surface area (Å²) < 4.78 is 31.1. The number of H-pyrrole nitrogens is 1. The lowest BCUT2D eigenvalue weighted by atomic mass is 10.1. The number of hydrogen-bond donors (Lipinski definition) is 2. The quantitative estimate of drug-likeness (QED) is 0.854. The van der Waals surface area contributed by atoms with E-state index in [4.69, 9.17) is 0 Å². The largest absolute Gasteiger partial charge is 0.416 e. The van der Waals surface area contributed by atoms with Crippen molar-refractivity contribution in [2.75, 3.05) is 10.5 Å². The van der Waals surface area contributed by atoms with Gasteiger partial charge >= 0.3 is 5.76 Å². The molecule has 0 radical (unpaired) electrons. The Bertz CT molecular complexity index is 731. The minimum absolute atomic E-state index is 0.0692. The van der Waals surface area contributed by atoms with Gasteiger partial charge < -0.3 is 4.42 Å². The molecule has 0 fully saturated rings. The van der Waals surface area contributed by atoms with Crippen LogP contribution in [0.3, 0.4) is 0 Å². The van der Waals surface area contributed by atoms with Crippen LogP contribution in [0.1, 0.15) is 19.8 Å². The van der Waals surface area contributed by atoms with E-state index in [2.05, 4.69) is 14.1 Å². The SMILES string of the molecule is CCCCS(=O)(=O)Nc1ccccc1-c1coc(=O)[nH]1. The maximum atomic E-state index is 11.9. The van der Waals surface area contributed by atoms with Gasteiger partial charge in [-0.2, -0.15) is 0 Å². The Balaban J connectivity index is 2.31. The van der Waals surface area contributed by atoms with Crippen molar-refractivity contribution in [3.05, 3.63) is 41.1 Å². The average Bonchev–Trinajstić information content (AvgIpc) is 2.83. The lowest BCUT2D eigenvalue weighted by Gasteiger charge is -2.11. The highest BCUT2D eigenvalue weighted by atomic mass is 32.2. The number of oxazole rings is 1. The van der Waals surface area contributed by atoms with Crippen LogP contribution >= 0.6 is 0 Å². The molecular weight excluding hydrogens is 280 g/mol. The Hall–Kier alpha value is -2.02. The zero-order valence-electron chi connectivity index (χ0n) is 11.0. The fourth-order valence-electron chi connectivity index (χ4n) is 1.77. The molecule has 0 saturated heterocycles. The molecule has 0 atom stereocenters. The van der Waals surface area contributed by atoms with Crippen LogP contribution in [-0.4, -0.2) is 19.2 Å². The van der Waals surface area contributed by atoms with Crippen molar-refractivity contribution >= 4 is 15.7 Å². The molecule has 7 heteroatoms. The first-order valence-electron chi connectivity index (χ1n) is 6.29. The summed E-state index contributed by atoms with van der Waals surface area (Å²) in [5.74, 6) is -0.511. The van der Waals surface area contributed by atoms with Crippen LogP contribution in [-0.2, 0) is 10.0 Å². The molecule has 0 amide bonds. The van der Waals surface area contributed by atoms with Gasteiger partial charge in [-0.3, -0.25) is 9.71 Å². The van der Waals surface area contributed by atoms with Crippen LogP contribution in [0.5, 0.6) is 0 Å². The first-order chi connectivity index (χ1) is 9.52. The molecule has 1 aromatic heterocycles. The Morgan fingerprint density at radius 2 is 2.05 bits per heavy atom. The van der Waals surface area contributed by atoms with E-state index in [1.54, 1.807) is 24.3 Å². The van der Waals surface area contributed by atoms with Crippen molar-refractivity contribution in [2.24, 2.45) is 0 Å². The number of para-hydroxylation sites is 1. The third-order valence-corrected chi connectivity index (χ3v) is 4.13. The van der Waals surface area contributed by atoms with Gasteiger partial charge in [0.25, 0.3) is 0 Å². The Morgan fingerprint density at radius 1 is 1.30 bits per heavy atom. The number of rotatable bonds is 6. The fraction of sp³-hybridized carbons (Fsp3) is 0.308. The highest BCUT2D eigenvalue weighted by molar-refractivity contribution is 7.92. The molecule has 2 aromatic rings. The zero-order chi connectivity index (χ0) is 14.6. The predicted octanol–water partition coefficient (Wildman–Crippen LogP) is 2.18. The number of anilines is 1. The summed E-state index contributed by atoms with van der Waals surface area (Å²) in [7, 11) is -3.39. The number of unbranched alkanes of at least 4 members (excludes halogenated alkanes) is 1. The molecule has 2 N–H and O–H groups in total. The molecular formula is C13H16N2O4S.